The molecule has 0 aliphatic carbocycles. The van der Waals surface area contributed by atoms with Crippen LogP contribution in [0.1, 0.15) is 0 Å². The third-order valence-electron chi connectivity index (χ3n) is 3.21. The van der Waals surface area contributed by atoms with E-state index in [2.05, 4.69) is 0 Å². The molecule has 0 atom stereocenters. The Bertz CT molecular complexity index is 862. The minimum atomic E-state index is -0.557. The van der Waals surface area contributed by atoms with Crippen molar-refractivity contribution in [3.8, 4) is 28.4 Å². The average Bonchev–Trinajstić information content (AvgIpc) is 2.45. The molecular formula is C16H12O5. The lowest BCUT2D eigenvalue weighted by Crippen LogP contribution is -1.98. The summed E-state index contributed by atoms with van der Waals surface area (Å²) in [6, 6.07) is 10.9. The molecule has 0 aliphatic rings. The molecular weight excluding hydrogens is 272 g/mol. The van der Waals surface area contributed by atoms with Gasteiger partial charge >= 0.3 is 5.63 Å². The summed E-state index contributed by atoms with van der Waals surface area (Å²) in [6.07, 6.45) is 0. The highest BCUT2D eigenvalue weighted by molar-refractivity contribution is 5.98. The number of phenols is 2. The summed E-state index contributed by atoms with van der Waals surface area (Å²) in [6.45, 7) is 0. The molecule has 0 saturated heterocycles. The first-order chi connectivity index (χ1) is 10.1. The van der Waals surface area contributed by atoms with Crippen molar-refractivity contribution in [2.24, 2.45) is 0 Å². The summed E-state index contributed by atoms with van der Waals surface area (Å²) in [7, 11) is 1.57. The normalized spacial score (nSPS) is 10.7. The predicted molar refractivity (Wildman–Crippen MR) is 77.8 cm³/mol. The van der Waals surface area contributed by atoms with Crippen molar-refractivity contribution in [2.75, 3.05) is 7.11 Å². The fraction of sp³-hybridized carbons (Fsp3) is 0.0625. The molecule has 1 aromatic heterocycles. The van der Waals surface area contributed by atoms with Crippen molar-refractivity contribution < 1.29 is 19.4 Å². The zero-order chi connectivity index (χ0) is 15.0. The quantitative estimate of drug-likeness (QED) is 0.707. The van der Waals surface area contributed by atoms with Gasteiger partial charge in [-0.1, -0.05) is 12.1 Å². The Morgan fingerprint density at radius 2 is 1.76 bits per heavy atom. The fourth-order valence-electron chi connectivity index (χ4n) is 2.26. The van der Waals surface area contributed by atoms with Gasteiger partial charge in [0.1, 0.15) is 22.8 Å². The van der Waals surface area contributed by atoms with Crippen molar-refractivity contribution in [3.05, 3.63) is 52.9 Å². The fourth-order valence-corrected chi connectivity index (χ4v) is 2.26. The lowest BCUT2D eigenvalue weighted by Gasteiger charge is -2.08. The van der Waals surface area contributed by atoms with Crippen molar-refractivity contribution >= 4 is 11.0 Å². The number of benzene rings is 2. The standard InChI is InChI=1S/C16H12O5/c1-20-11-4-2-9(3-5-11)12-8-15(19)21-14-7-10(17)6-13(18)16(12)14/h2-8,17-18H,1H3. The summed E-state index contributed by atoms with van der Waals surface area (Å²) in [5.74, 6) is 0.363. The summed E-state index contributed by atoms with van der Waals surface area (Å²) in [4.78, 5) is 11.7. The Hall–Kier alpha value is -2.95. The second kappa shape index (κ2) is 4.86. The van der Waals surface area contributed by atoms with Crippen LogP contribution in [-0.4, -0.2) is 17.3 Å². The van der Waals surface area contributed by atoms with Gasteiger partial charge in [0.25, 0.3) is 0 Å². The Morgan fingerprint density at radius 1 is 1.05 bits per heavy atom. The van der Waals surface area contributed by atoms with Gasteiger partial charge in [-0.2, -0.15) is 0 Å². The monoisotopic (exact) mass is 284 g/mol. The molecule has 0 bridgehead atoms. The molecule has 3 aromatic rings. The van der Waals surface area contributed by atoms with Gasteiger partial charge in [0.2, 0.25) is 0 Å². The number of fused-ring (bicyclic) bond motifs is 1. The second-order valence-electron chi connectivity index (χ2n) is 4.55. The zero-order valence-electron chi connectivity index (χ0n) is 11.2. The Kier molecular flexibility index (Phi) is 3.02. The molecule has 5 heteroatoms. The minimum Gasteiger partial charge on any atom is -0.508 e. The van der Waals surface area contributed by atoms with Gasteiger partial charge in [-0.15, -0.1) is 0 Å². The van der Waals surface area contributed by atoms with Crippen LogP contribution < -0.4 is 10.4 Å². The van der Waals surface area contributed by atoms with Crippen LogP contribution in [0.2, 0.25) is 0 Å². The molecule has 0 saturated carbocycles. The van der Waals surface area contributed by atoms with Crippen LogP contribution in [0.3, 0.4) is 0 Å². The molecule has 0 fully saturated rings. The van der Waals surface area contributed by atoms with E-state index in [4.69, 9.17) is 9.15 Å². The molecule has 21 heavy (non-hydrogen) atoms. The van der Waals surface area contributed by atoms with Crippen LogP contribution in [0, 0.1) is 0 Å². The summed E-state index contributed by atoms with van der Waals surface area (Å²) < 4.78 is 10.1. The molecule has 0 spiro atoms. The van der Waals surface area contributed by atoms with Crippen LogP contribution in [0.4, 0.5) is 0 Å². The van der Waals surface area contributed by atoms with E-state index in [1.807, 2.05) is 0 Å². The first-order valence-electron chi connectivity index (χ1n) is 6.23. The van der Waals surface area contributed by atoms with Crippen molar-refractivity contribution in [1.82, 2.24) is 0 Å². The topological polar surface area (TPSA) is 79.9 Å². The highest BCUT2D eigenvalue weighted by atomic mass is 16.5. The van der Waals surface area contributed by atoms with E-state index in [0.29, 0.717) is 16.7 Å². The summed E-state index contributed by atoms with van der Waals surface area (Å²) >= 11 is 0. The number of ether oxygens (including phenoxy) is 1. The maximum Gasteiger partial charge on any atom is 0.336 e. The summed E-state index contributed by atoms with van der Waals surface area (Å²) in [5, 5.41) is 19.9. The Balaban J connectivity index is 2.32. The van der Waals surface area contributed by atoms with E-state index >= 15 is 0 Å². The largest absolute Gasteiger partial charge is 0.508 e. The molecule has 0 unspecified atom stereocenters. The van der Waals surface area contributed by atoms with Crippen LogP contribution in [0.25, 0.3) is 22.1 Å². The highest BCUT2D eigenvalue weighted by Gasteiger charge is 2.13. The lowest BCUT2D eigenvalue weighted by atomic mass is 10.0. The van der Waals surface area contributed by atoms with Gasteiger partial charge in [-0.05, 0) is 17.7 Å². The SMILES string of the molecule is COc1ccc(-c2cc(=O)oc3cc(O)cc(O)c23)cc1. The Morgan fingerprint density at radius 3 is 2.43 bits per heavy atom. The van der Waals surface area contributed by atoms with Gasteiger partial charge < -0.3 is 19.4 Å². The molecule has 0 aliphatic heterocycles. The second-order valence-corrected chi connectivity index (χ2v) is 4.55. The molecule has 106 valence electrons. The number of aromatic hydroxyl groups is 2. The third-order valence-corrected chi connectivity index (χ3v) is 3.21. The first kappa shape index (κ1) is 13.1. The predicted octanol–water partition coefficient (Wildman–Crippen LogP) is 2.88. The third kappa shape index (κ3) is 2.29. The number of rotatable bonds is 2. The maximum atomic E-state index is 11.7. The van der Waals surface area contributed by atoms with E-state index in [0.717, 1.165) is 5.56 Å². The average molecular weight is 284 g/mol. The minimum absolute atomic E-state index is 0.130. The van der Waals surface area contributed by atoms with Crippen LogP contribution in [0.15, 0.2) is 51.7 Å². The van der Waals surface area contributed by atoms with Gasteiger partial charge in [0, 0.05) is 23.8 Å². The van der Waals surface area contributed by atoms with E-state index in [9.17, 15) is 15.0 Å². The van der Waals surface area contributed by atoms with E-state index < -0.39 is 5.63 Å². The molecule has 0 amide bonds. The van der Waals surface area contributed by atoms with Crippen molar-refractivity contribution in [2.45, 2.75) is 0 Å². The van der Waals surface area contributed by atoms with Crippen LogP contribution >= 0.6 is 0 Å². The zero-order valence-corrected chi connectivity index (χ0v) is 11.2. The molecule has 3 rings (SSSR count). The smallest absolute Gasteiger partial charge is 0.336 e. The van der Waals surface area contributed by atoms with Gasteiger partial charge in [0.05, 0.1) is 12.5 Å². The van der Waals surface area contributed by atoms with Crippen molar-refractivity contribution in [3.63, 3.8) is 0 Å². The number of phenolic OH excluding ortho intramolecular Hbond substituents is 2. The molecule has 1 heterocycles. The van der Waals surface area contributed by atoms with Crippen molar-refractivity contribution in [1.29, 1.82) is 0 Å². The van der Waals surface area contributed by atoms with E-state index in [1.54, 1.807) is 31.4 Å². The highest BCUT2D eigenvalue weighted by Crippen LogP contribution is 2.36. The first-order valence-corrected chi connectivity index (χ1v) is 6.23. The van der Waals surface area contributed by atoms with Gasteiger partial charge in [0.15, 0.2) is 0 Å². The number of methoxy groups -OCH3 is 1. The van der Waals surface area contributed by atoms with E-state index in [1.165, 1.54) is 18.2 Å². The molecule has 2 N–H and O–H groups in total. The van der Waals surface area contributed by atoms with Gasteiger partial charge in [-0.25, -0.2) is 4.79 Å². The number of hydrogen-bond acceptors (Lipinski definition) is 5. The lowest BCUT2D eigenvalue weighted by molar-refractivity contribution is 0.415. The van der Waals surface area contributed by atoms with E-state index in [-0.39, 0.29) is 17.1 Å². The molecule has 5 nitrogen and oxygen atoms in total. The van der Waals surface area contributed by atoms with Crippen LogP contribution in [-0.2, 0) is 0 Å². The summed E-state index contributed by atoms with van der Waals surface area (Å²) in [5.41, 5.74) is 0.834. The molecule has 2 aromatic carbocycles. The van der Waals surface area contributed by atoms with Gasteiger partial charge in [-0.3, -0.25) is 0 Å². The van der Waals surface area contributed by atoms with Crippen LogP contribution in [0.5, 0.6) is 17.2 Å². The number of hydrogen-bond donors (Lipinski definition) is 2. The molecule has 0 radical (unpaired) electrons. The maximum absolute atomic E-state index is 11.7. The Labute approximate surface area is 119 Å².